The molecule has 2 aliphatic rings. The van der Waals surface area contributed by atoms with Crippen LogP contribution in [0.5, 0.6) is 11.5 Å². The van der Waals surface area contributed by atoms with Crippen LogP contribution in [-0.2, 0) is 0 Å². The second-order valence-electron chi connectivity index (χ2n) is 10.9. The zero-order valence-corrected chi connectivity index (χ0v) is 23.2. The highest BCUT2D eigenvalue weighted by atomic mass is 16.5. The van der Waals surface area contributed by atoms with Crippen LogP contribution < -0.4 is 9.47 Å². The van der Waals surface area contributed by atoms with Gasteiger partial charge in [0.15, 0.2) is 11.6 Å². The van der Waals surface area contributed by atoms with Crippen molar-refractivity contribution in [2.45, 2.75) is 51.4 Å². The molecule has 206 valence electrons. The summed E-state index contributed by atoms with van der Waals surface area (Å²) in [6.45, 7) is 5.72. The van der Waals surface area contributed by atoms with E-state index in [1.165, 1.54) is 38.5 Å². The van der Waals surface area contributed by atoms with E-state index in [9.17, 15) is 9.59 Å². The van der Waals surface area contributed by atoms with Crippen LogP contribution in [0.1, 0.15) is 72.1 Å². The molecule has 2 saturated heterocycles. The fraction of sp³-hybridized carbons (Fsp3) is 0.562. The van der Waals surface area contributed by atoms with Gasteiger partial charge in [-0.2, -0.15) is 0 Å². The minimum absolute atomic E-state index is 0.131. The van der Waals surface area contributed by atoms with E-state index < -0.39 is 0 Å². The molecular weight excluding hydrogens is 476 g/mol. The van der Waals surface area contributed by atoms with Crippen LogP contribution in [-0.4, -0.2) is 74.9 Å². The molecule has 0 unspecified atom stereocenters. The SMILES string of the molecule is COc1ccc(C(=O)[C@H](CC[C@H](CN2CCCCC2)C(=O)c2ccc(OC)cc2)CN2CCCCC2)cc1. The lowest BCUT2D eigenvalue weighted by Crippen LogP contribution is -2.39. The summed E-state index contributed by atoms with van der Waals surface area (Å²) in [4.78, 5) is 32.4. The molecule has 0 amide bonds. The largest absolute Gasteiger partial charge is 0.497 e. The Morgan fingerprint density at radius 2 is 0.947 bits per heavy atom. The molecule has 0 spiro atoms. The Labute approximate surface area is 228 Å². The van der Waals surface area contributed by atoms with Gasteiger partial charge in [0.25, 0.3) is 0 Å². The standard InChI is InChI=1S/C32H44N2O4/c1-37-29-15-11-25(12-16-29)31(35)27(23-33-19-5-3-6-20-33)9-10-28(24-34-21-7-4-8-22-34)32(36)26-13-17-30(38-2)18-14-26/h11-18,27-28H,3-10,19-24H2,1-2H3/t27-,28-/m1/s1. The number of methoxy groups -OCH3 is 2. The summed E-state index contributed by atoms with van der Waals surface area (Å²) < 4.78 is 10.6. The summed E-state index contributed by atoms with van der Waals surface area (Å²) in [7, 11) is 3.27. The topological polar surface area (TPSA) is 59.1 Å². The smallest absolute Gasteiger partial charge is 0.167 e. The number of Topliss-reactive ketones (excluding diaryl/α,β-unsaturated/α-hetero) is 2. The lowest BCUT2D eigenvalue weighted by Gasteiger charge is -2.32. The Kier molecular flexibility index (Phi) is 10.8. The van der Waals surface area contributed by atoms with E-state index in [0.29, 0.717) is 12.8 Å². The molecule has 2 aromatic carbocycles. The molecule has 6 heteroatoms. The number of carbonyl (C=O) groups excluding carboxylic acids is 2. The zero-order valence-electron chi connectivity index (χ0n) is 23.2. The van der Waals surface area contributed by atoms with Gasteiger partial charge in [0.05, 0.1) is 14.2 Å². The molecule has 0 saturated carbocycles. The van der Waals surface area contributed by atoms with Crippen molar-refractivity contribution in [2.75, 3.05) is 53.5 Å². The van der Waals surface area contributed by atoms with Gasteiger partial charge in [-0.3, -0.25) is 9.59 Å². The summed E-state index contributed by atoms with van der Waals surface area (Å²) in [5, 5.41) is 0. The Balaban J connectivity index is 1.51. The van der Waals surface area contributed by atoms with Crippen LogP contribution in [0.4, 0.5) is 0 Å². The first-order valence-electron chi connectivity index (χ1n) is 14.4. The van der Waals surface area contributed by atoms with E-state index in [2.05, 4.69) is 9.80 Å². The van der Waals surface area contributed by atoms with Crippen molar-refractivity contribution >= 4 is 11.6 Å². The van der Waals surface area contributed by atoms with Gasteiger partial charge in [0, 0.05) is 36.1 Å². The van der Waals surface area contributed by atoms with Gasteiger partial charge in [-0.25, -0.2) is 0 Å². The zero-order chi connectivity index (χ0) is 26.7. The Hall–Kier alpha value is -2.70. The maximum Gasteiger partial charge on any atom is 0.167 e. The van der Waals surface area contributed by atoms with Gasteiger partial charge in [0.2, 0.25) is 0 Å². The number of hydrogen-bond donors (Lipinski definition) is 0. The number of nitrogens with zero attached hydrogens (tertiary/aromatic N) is 2. The highest BCUT2D eigenvalue weighted by molar-refractivity contribution is 5.99. The molecule has 2 aromatic rings. The third-order valence-corrected chi connectivity index (χ3v) is 8.21. The minimum Gasteiger partial charge on any atom is -0.497 e. The summed E-state index contributed by atoms with van der Waals surface area (Å²) in [5.74, 6) is 1.59. The first kappa shape index (κ1) is 28.3. The summed E-state index contributed by atoms with van der Waals surface area (Å²) in [6, 6.07) is 14.9. The maximum atomic E-state index is 13.8. The number of benzene rings is 2. The summed E-state index contributed by atoms with van der Waals surface area (Å²) in [5.41, 5.74) is 1.45. The molecule has 2 atom stereocenters. The van der Waals surface area contributed by atoms with E-state index in [-0.39, 0.29) is 23.4 Å². The first-order valence-corrected chi connectivity index (χ1v) is 14.4. The van der Waals surface area contributed by atoms with Crippen LogP contribution >= 0.6 is 0 Å². The quantitative estimate of drug-likeness (QED) is 0.313. The monoisotopic (exact) mass is 520 g/mol. The van der Waals surface area contributed by atoms with Crippen molar-refractivity contribution in [2.24, 2.45) is 11.8 Å². The van der Waals surface area contributed by atoms with Crippen molar-refractivity contribution < 1.29 is 19.1 Å². The molecule has 0 aliphatic carbocycles. The maximum absolute atomic E-state index is 13.8. The molecule has 2 fully saturated rings. The predicted molar refractivity (Wildman–Crippen MR) is 151 cm³/mol. The van der Waals surface area contributed by atoms with Crippen molar-refractivity contribution in [1.29, 1.82) is 0 Å². The fourth-order valence-corrected chi connectivity index (χ4v) is 5.90. The number of hydrogen-bond acceptors (Lipinski definition) is 6. The van der Waals surface area contributed by atoms with Crippen LogP contribution in [0.25, 0.3) is 0 Å². The van der Waals surface area contributed by atoms with E-state index in [4.69, 9.17) is 9.47 Å². The molecule has 38 heavy (non-hydrogen) atoms. The van der Waals surface area contributed by atoms with E-state index >= 15 is 0 Å². The van der Waals surface area contributed by atoms with E-state index in [0.717, 1.165) is 61.9 Å². The molecule has 0 bridgehead atoms. The highest BCUT2D eigenvalue weighted by Crippen LogP contribution is 2.26. The molecular formula is C32H44N2O4. The molecule has 0 N–H and O–H groups in total. The summed E-state index contributed by atoms with van der Waals surface area (Å²) >= 11 is 0. The number of piperidine rings is 2. The highest BCUT2D eigenvalue weighted by Gasteiger charge is 2.29. The second kappa shape index (κ2) is 14.5. The predicted octanol–water partition coefficient (Wildman–Crippen LogP) is 5.75. The number of likely N-dealkylation sites (tertiary alicyclic amines) is 2. The Morgan fingerprint density at radius 1 is 0.605 bits per heavy atom. The molecule has 0 aromatic heterocycles. The fourth-order valence-electron chi connectivity index (χ4n) is 5.90. The van der Waals surface area contributed by atoms with Gasteiger partial charge in [-0.15, -0.1) is 0 Å². The normalized spacial score (nSPS) is 18.5. The number of rotatable bonds is 13. The number of ether oxygens (including phenoxy) is 2. The molecule has 6 nitrogen and oxygen atoms in total. The average Bonchev–Trinajstić information content (AvgIpc) is 2.99. The lowest BCUT2D eigenvalue weighted by atomic mass is 9.85. The van der Waals surface area contributed by atoms with Gasteiger partial charge in [0.1, 0.15) is 11.5 Å². The molecule has 4 rings (SSSR count). The van der Waals surface area contributed by atoms with Crippen molar-refractivity contribution in [3.8, 4) is 11.5 Å². The van der Waals surface area contributed by atoms with Crippen LogP contribution in [0.3, 0.4) is 0 Å². The van der Waals surface area contributed by atoms with Gasteiger partial charge >= 0.3 is 0 Å². The number of ketones is 2. The van der Waals surface area contributed by atoms with Crippen molar-refractivity contribution in [3.63, 3.8) is 0 Å². The number of carbonyl (C=O) groups is 2. The van der Waals surface area contributed by atoms with E-state index in [1.54, 1.807) is 14.2 Å². The van der Waals surface area contributed by atoms with Gasteiger partial charge in [-0.05, 0) is 113 Å². The third kappa shape index (κ3) is 7.90. The van der Waals surface area contributed by atoms with Crippen molar-refractivity contribution in [3.05, 3.63) is 59.7 Å². The average molecular weight is 521 g/mol. The van der Waals surface area contributed by atoms with Crippen LogP contribution in [0.15, 0.2) is 48.5 Å². The van der Waals surface area contributed by atoms with Crippen LogP contribution in [0, 0.1) is 11.8 Å². The van der Waals surface area contributed by atoms with Gasteiger partial charge in [-0.1, -0.05) is 12.8 Å². The van der Waals surface area contributed by atoms with Gasteiger partial charge < -0.3 is 19.3 Å². The van der Waals surface area contributed by atoms with Crippen molar-refractivity contribution in [1.82, 2.24) is 9.80 Å². The minimum atomic E-state index is -0.131. The Morgan fingerprint density at radius 3 is 1.26 bits per heavy atom. The third-order valence-electron chi connectivity index (χ3n) is 8.21. The molecule has 2 heterocycles. The van der Waals surface area contributed by atoms with Crippen LogP contribution in [0.2, 0.25) is 0 Å². The van der Waals surface area contributed by atoms with E-state index in [1.807, 2.05) is 48.5 Å². The molecule has 2 aliphatic heterocycles. The Bertz CT molecular complexity index is 925. The lowest BCUT2D eigenvalue weighted by molar-refractivity contribution is 0.0793. The second-order valence-corrected chi connectivity index (χ2v) is 10.9. The molecule has 0 radical (unpaired) electrons. The first-order chi connectivity index (χ1) is 18.6. The summed E-state index contributed by atoms with van der Waals surface area (Å²) in [6.07, 6.45) is 8.72.